The Balaban J connectivity index is 1.91. The number of carboxylic acids is 1. The third-order valence-corrected chi connectivity index (χ3v) is 4.01. The first-order valence-electron chi connectivity index (χ1n) is 7.01. The summed E-state index contributed by atoms with van der Waals surface area (Å²) in [6, 6.07) is 0. The van der Waals surface area contributed by atoms with Crippen molar-refractivity contribution in [3.05, 3.63) is 17.0 Å². The molecule has 1 fully saturated rings. The van der Waals surface area contributed by atoms with Gasteiger partial charge < -0.3 is 10.0 Å². The molecule has 6 nitrogen and oxygen atoms in total. The largest absolute Gasteiger partial charge is 0.481 e. The highest BCUT2D eigenvalue weighted by atomic mass is 16.4. The van der Waals surface area contributed by atoms with E-state index in [1.807, 2.05) is 18.7 Å². The van der Waals surface area contributed by atoms with Crippen molar-refractivity contribution >= 4 is 11.9 Å². The molecule has 0 aromatic carbocycles. The van der Waals surface area contributed by atoms with E-state index in [0.29, 0.717) is 31.0 Å². The highest BCUT2D eigenvalue weighted by Crippen LogP contribution is 2.24. The van der Waals surface area contributed by atoms with E-state index in [1.165, 1.54) is 0 Å². The zero-order chi connectivity index (χ0) is 14.7. The number of amides is 1. The molecule has 2 rings (SSSR count). The lowest BCUT2D eigenvalue weighted by atomic mass is 9.92. The van der Waals surface area contributed by atoms with Gasteiger partial charge in [0, 0.05) is 25.2 Å². The van der Waals surface area contributed by atoms with E-state index in [-0.39, 0.29) is 12.3 Å². The maximum absolute atomic E-state index is 12.4. The summed E-state index contributed by atoms with van der Waals surface area (Å²) in [4.78, 5) is 24.9. The number of carbonyl (C=O) groups excluding carboxylic acids is 1. The Morgan fingerprint density at radius 3 is 2.50 bits per heavy atom. The van der Waals surface area contributed by atoms with Crippen molar-refractivity contribution < 1.29 is 14.7 Å². The first-order chi connectivity index (χ1) is 9.49. The van der Waals surface area contributed by atoms with Gasteiger partial charge in [-0.25, -0.2) is 0 Å². The van der Waals surface area contributed by atoms with Crippen LogP contribution in [0.5, 0.6) is 0 Å². The zero-order valence-electron chi connectivity index (χ0n) is 12.0. The molecular weight excluding hydrogens is 258 g/mol. The molecule has 1 aliphatic heterocycles. The fraction of sp³-hybridized carbons (Fsp3) is 0.643. The lowest BCUT2D eigenvalue weighted by Gasteiger charge is -2.32. The van der Waals surface area contributed by atoms with Gasteiger partial charge in [0.25, 0.3) is 5.91 Å². The van der Waals surface area contributed by atoms with Crippen molar-refractivity contribution in [1.29, 1.82) is 0 Å². The summed E-state index contributed by atoms with van der Waals surface area (Å²) in [5, 5.41) is 15.6. The van der Waals surface area contributed by atoms with Crippen LogP contribution in [0.15, 0.2) is 0 Å². The third kappa shape index (κ3) is 3.18. The van der Waals surface area contributed by atoms with E-state index in [4.69, 9.17) is 5.11 Å². The van der Waals surface area contributed by atoms with E-state index in [9.17, 15) is 9.59 Å². The Bertz CT molecular complexity index is 482. The smallest absolute Gasteiger partial charge is 0.303 e. The molecule has 0 unspecified atom stereocenters. The molecule has 1 saturated heterocycles. The van der Waals surface area contributed by atoms with Crippen LogP contribution >= 0.6 is 0 Å². The minimum Gasteiger partial charge on any atom is -0.481 e. The monoisotopic (exact) mass is 279 g/mol. The van der Waals surface area contributed by atoms with E-state index >= 15 is 0 Å². The van der Waals surface area contributed by atoms with Crippen LogP contribution in [0.2, 0.25) is 0 Å². The SMILES string of the molecule is Cc1n[nH]c(C)c1C(=O)N1CCC(CCC(=O)O)CC1. The van der Waals surface area contributed by atoms with Crippen molar-refractivity contribution in [2.75, 3.05) is 13.1 Å². The van der Waals surface area contributed by atoms with Crippen LogP contribution in [0.3, 0.4) is 0 Å². The Morgan fingerprint density at radius 1 is 1.35 bits per heavy atom. The first kappa shape index (κ1) is 14.6. The fourth-order valence-corrected chi connectivity index (χ4v) is 2.78. The van der Waals surface area contributed by atoms with Crippen LogP contribution in [-0.2, 0) is 4.79 Å². The highest BCUT2D eigenvalue weighted by Gasteiger charge is 2.26. The number of rotatable bonds is 4. The number of nitrogens with zero attached hydrogens (tertiary/aromatic N) is 2. The van der Waals surface area contributed by atoms with Crippen molar-refractivity contribution in [3.8, 4) is 0 Å². The average molecular weight is 279 g/mol. The predicted molar refractivity (Wildman–Crippen MR) is 73.6 cm³/mol. The summed E-state index contributed by atoms with van der Waals surface area (Å²) in [5.41, 5.74) is 2.22. The summed E-state index contributed by atoms with van der Waals surface area (Å²) in [7, 11) is 0. The first-order valence-corrected chi connectivity index (χ1v) is 7.01. The summed E-state index contributed by atoms with van der Waals surface area (Å²) in [5.74, 6) is -0.291. The molecule has 2 heterocycles. The maximum atomic E-state index is 12.4. The Hall–Kier alpha value is -1.85. The topological polar surface area (TPSA) is 86.3 Å². The number of hydrogen-bond donors (Lipinski definition) is 2. The number of carboxylic acid groups (broad SMARTS) is 1. The molecule has 0 bridgehead atoms. The van der Waals surface area contributed by atoms with E-state index in [2.05, 4.69) is 10.2 Å². The minimum atomic E-state index is -0.742. The van der Waals surface area contributed by atoms with Gasteiger partial charge in [0.2, 0.25) is 0 Å². The van der Waals surface area contributed by atoms with Crippen molar-refractivity contribution in [2.45, 2.75) is 39.5 Å². The zero-order valence-corrected chi connectivity index (χ0v) is 12.0. The van der Waals surface area contributed by atoms with Crippen molar-refractivity contribution in [2.24, 2.45) is 5.92 Å². The molecule has 0 aliphatic carbocycles. The number of carbonyl (C=O) groups is 2. The molecule has 20 heavy (non-hydrogen) atoms. The molecule has 2 N–H and O–H groups in total. The number of aliphatic carboxylic acids is 1. The number of nitrogens with one attached hydrogen (secondary N) is 1. The van der Waals surface area contributed by atoms with Gasteiger partial charge in [-0.1, -0.05) is 0 Å². The van der Waals surface area contributed by atoms with Crippen LogP contribution in [0.4, 0.5) is 0 Å². The number of piperidine rings is 1. The standard InChI is InChI=1S/C14H21N3O3/c1-9-13(10(2)16-15-9)14(20)17-7-5-11(6-8-17)3-4-12(18)19/h11H,3-8H2,1-2H3,(H,15,16)(H,18,19). The molecule has 110 valence electrons. The second-order valence-corrected chi connectivity index (χ2v) is 5.48. The summed E-state index contributed by atoms with van der Waals surface area (Å²) in [6.07, 6.45) is 2.70. The number of hydrogen-bond acceptors (Lipinski definition) is 3. The van der Waals surface area contributed by atoms with Crippen LogP contribution in [0.1, 0.15) is 47.4 Å². The summed E-state index contributed by atoms with van der Waals surface area (Å²) in [6.45, 7) is 5.09. The van der Waals surface area contributed by atoms with Gasteiger partial charge >= 0.3 is 5.97 Å². The number of aromatic amines is 1. The molecule has 6 heteroatoms. The minimum absolute atomic E-state index is 0.0328. The maximum Gasteiger partial charge on any atom is 0.303 e. The van der Waals surface area contributed by atoms with Crippen molar-refractivity contribution in [1.82, 2.24) is 15.1 Å². The summed E-state index contributed by atoms with van der Waals surface area (Å²) < 4.78 is 0. The number of aromatic nitrogens is 2. The number of likely N-dealkylation sites (tertiary alicyclic amines) is 1. The highest BCUT2D eigenvalue weighted by molar-refractivity contribution is 5.96. The molecule has 1 aromatic heterocycles. The van der Waals surface area contributed by atoms with Gasteiger partial charge in [0.15, 0.2) is 0 Å². The van der Waals surface area contributed by atoms with Crippen LogP contribution in [-0.4, -0.2) is 45.2 Å². The third-order valence-electron chi connectivity index (χ3n) is 4.01. The number of H-pyrrole nitrogens is 1. The molecule has 1 amide bonds. The van der Waals surface area contributed by atoms with E-state index in [0.717, 1.165) is 24.2 Å². The molecule has 0 atom stereocenters. The second kappa shape index (κ2) is 6.07. The number of aryl methyl sites for hydroxylation is 2. The molecule has 0 radical (unpaired) electrons. The average Bonchev–Trinajstić information content (AvgIpc) is 2.76. The quantitative estimate of drug-likeness (QED) is 0.879. The van der Waals surface area contributed by atoms with E-state index in [1.54, 1.807) is 0 Å². The fourth-order valence-electron chi connectivity index (χ4n) is 2.78. The molecule has 0 saturated carbocycles. The lowest BCUT2D eigenvalue weighted by Crippen LogP contribution is -2.39. The van der Waals surface area contributed by atoms with Gasteiger partial charge in [-0.2, -0.15) is 5.10 Å². The van der Waals surface area contributed by atoms with Crippen LogP contribution in [0.25, 0.3) is 0 Å². The van der Waals surface area contributed by atoms with Gasteiger partial charge in [-0.05, 0) is 39.0 Å². The van der Waals surface area contributed by atoms with Gasteiger partial charge in [0.05, 0.1) is 11.3 Å². The Labute approximate surface area is 118 Å². The van der Waals surface area contributed by atoms with Gasteiger partial charge in [0.1, 0.15) is 0 Å². The predicted octanol–water partition coefficient (Wildman–Crippen LogP) is 1.74. The Morgan fingerprint density at radius 2 is 2.00 bits per heavy atom. The molecule has 0 spiro atoms. The lowest BCUT2D eigenvalue weighted by molar-refractivity contribution is -0.137. The van der Waals surface area contributed by atoms with Gasteiger partial charge in [-0.3, -0.25) is 14.7 Å². The van der Waals surface area contributed by atoms with Crippen molar-refractivity contribution in [3.63, 3.8) is 0 Å². The molecule has 1 aliphatic rings. The van der Waals surface area contributed by atoms with Crippen LogP contribution in [0, 0.1) is 19.8 Å². The Kier molecular flexibility index (Phi) is 4.42. The van der Waals surface area contributed by atoms with E-state index < -0.39 is 5.97 Å². The summed E-state index contributed by atoms with van der Waals surface area (Å²) >= 11 is 0. The normalized spacial score (nSPS) is 16.4. The second-order valence-electron chi connectivity index (χ2n) is 5.48. The molecular formula is C14H21N3O3. The van der Waals surface area contributed by atoms with Gasteiger partial charge in [-0.15, -0.1) is 0 Å². The molecule has 1 aromatic rings. The van der Waals surface area contributed by atoms with Crippen LogP contribution < -0.4 is 0 Å².